The Kier molecular flexibility index (Phi) is 7.50. The predicted octanol–water partition coefficient (Wildman–Crippen LogP) is 4.22. The SMILES string of the molecule is C.C#C.Clc1ccc(N2CCCCC2)cc1. The molecule has 0 amide bonds. The Morgan fingerprint density at radius 3 is 1.94 bits per heavy atom. The second-order valence-electron chi connectivity index (χ2n) is 3.52. The van der Waals surface area contributed by atoms with E-state index >= 15 is 0 Å². The molecular weight excluding hydrogens is 218 g/mol. The van der Waals surface area contributed by atoms with E-state index in [2.05, 4.69) is 29.9 Å². The summed E-state index contributed by atoms with van der Waals surface area (Å²) >= 11 is 5.83. The molecule has 1 aliphatic heterocycles. The first-order chi connectivity index (χ1) is 7.36. The Morgan fingerprint density at radius 1 is 0.938 bits per heavy atom. The average molecular weight is 238 g/mol. The van der Waals surface area contributed by atoms with Gasteiger partial charge in [-0.15, -0.1) is 12.8 Å². The summed E-state index contributed by atoms with van der Waals surface area (Å²) in [5.41, 5.74) is 1.31. The number of rotatable bonds is 1. The molecule has 1 heterocycles. The van der Waals surface area contributed by atoms with E-state index in [-0.39, 0.29) is 7.43 Å². The van der Waals surface area contributed by atoms with E-state index in [1.807, 2.05) is 12.1 Å². The van der Waals surface area contributed by atoms with E-state index in [1.54, 1.807) is 0 Å². The van der Waals surface area contributed by atoms with Crippen molar-refractivity contribution < 1.29 is 0 Å². The van der Waals surface area contributed by atoms with Gasteiger partial charge in [0.15, 0.2) is 0 Å². The standard InChI is InChI=1S/C11H14ClN.C2H2.CH4/c12-10-4-6-11(7-5-10)13-8-2-1-3-9-13;1-2;/h4-7H,1-3,8-9H2;1-2H;1H4. The van der Waals surface area contributed by atoms with Gasteiger partial charge in [-0.2, -0.15) is 0 Å². The lowest BCUT2D eigenvalue weighted by atomic mass is 10.1. The Balaban J connectivity index is 0.000000711. The molecule has 0 radical (unpaired) electrons. The minimum atomic E-state index is 0. The molecule has 0 atom stereocenters. The minimum Gasteiger partial charge on any atom is -0.372 e. The summed E-state index contributed by atoms with van der Waals surface area (Å²) in [6.07, 6.45) is 12.0. The van der Waals surface area contributed by atoms with Crippen molar-refractivity contribution in [1.29, 1.82) is 0 Å². The van der Waals surface area contributed by atoms with Gasteiger partial charge in [-0.25, -0.2) is 0 Å². The molecule has 0 spiro atoms. The molecule has 1 aromatic carbocycles. The van der Waals surface area contributed by atoms with Crippen molar-refractivity contribution in [2.75, 3.05) is 18.0 Å². The van der Waals surface area contributed by atoms with Gasteiger partial charge in [0.1, 0.15) is 0 Å². The van der Waals surface area contributed by atoms with Crippen LogP contribution in [-0.4, -0.2) is 13.1 Å². The molecule has 0 unspecified atom stereocenters. The zero-order valence-electron chi connectivity index (χ0n) is 8.82. The van der Waals surface area contributed by atoms with Crippen molar-refractivity contribution in [3.8, 4) is 12.8 Å². The van der Waals surface area contributed by atoms with Crippen LogP contribution in [0.3, 0.4) is 0 Å². The summed E-state index contributed by atoms with van der Waals surface area (Å²) in [7, 11) is 0. The Bertz CT molecular complexity index is 296. The number of halogens is 1. The normalized spacial score (nSPS) is 14.3. The van der Waals surface area contributed by atoms with E-state index < -0.39 is 0 Å². The Labute approximate surface area is 104 Å². The van der Waals surface area contributed by atoms with Crippen LogP contribution in [0.5, 0.6) is 0 Å². The highest BCUT2D eigenvalue weighted by Crippen LogP contribution is 2.21. The van der Waals surface area contributed by atoms with Crippen molar-refractivity contribution in [3.63, 3.8) is 0 Å². The molecule has 2 heteroatoms. The van der Waals surface area contributed by atoms with Crippen LogP contribution in [0, 0.1) is 12.8 Å². The highest BCUT2D eigenvalue weighted by atomic mass is 35.5. The minimum absolute atomic E-state index is 0. The van der Waals surface area contributed by atoms with Crippen LogP contribution in [0.15, 0.2) is 24.3 Å². The van der Waals surface area contributed by atoms with Gasteiger partial charge in [-0.1, -0.05) is 19.0 Å². The quantitative estimate of drug-likeness (QED) is 0.662. The molecule has 1 nitrogen and oxygen atoms in total. The van der Waals surface area contributed by atoms with E-state index in [1.165, 1.54) is 38.0 Å². The van der Waals surface area contributed by atoms with E-state index in [0.717, 1.165) is 5.02 Å². The number of hydrogen-bond acceptors (Lipinski definition) is 1. The summed E-state index contributed by atoms with van der Waals surface area (Å²) in [6.45, 7) is 2.39. The molecule has 1 fully saturated rings. The number of piperidine rings is 1. The van der Waals surface area contributed by atoms with Crippen molar-refractivity contribution in [2.45, 2.75) is 26.7 Å². The second-order valence-corrected chi connectivity index (χ2v) is 3.96. The van der Waals surface area contributed by atoms with Crippen LogP contribution in [0.25, 0.3) is 0 Å². The fraction of sp³-hybridized carbons (Fsp3) is 0.429. The van der Waals surface area contributed by atoms with Crippen LogP contribution in [0.1, 0.15) is 26.7 Å². The Hall–Kier alpha value is -1.13. The lowest BCUT2D eigenvalue weighted by molar-refractivity contribution is 0.578. The monoisotopic (exact) mass is 237 g/mol. The van der Waals surface area contributed by atoms with Gasteiger partial charge in [0, 0.05) is 23.8 Å². The number of terminal acetylenes is 1. The summed E-state index contributed by atoms with van der Waals surface area (Å²) < 4.78 is 0. The second kappa shape index (κ2) is 8.07. The summed E-state index contributed by atoms with van der Waals surface area (Å²) in [5, 5.41) is 0.820. The fourth-order valence-electron chi connectivity index (χ4n) is 1.80. The molecule has 1 aromatic rings. The summed E-state index contributed by atoms with van der Waals surface area (Å²) in [6, 6.07) is 8.14. The maximum Gasteiger partial charge on any atom is 0.0407 e. The lowest BCUT2D eigenvalue weighted by Gasteiger charge is -2.28. The molecule has 16 heavy (non-hydrogen) atoms. The van der Waals surface area contributed by atoms with Gasteiger partial charge in [0.2, 0.25) is 0 Å². The lowest BCUT2D eigenvalue weighted by Crippen LogP contribution is -2.29. The van der Waals surface area contributed by atoms with Crippen LogP contribution in [0.2, 0.25) is 5.02 Å². The first kappa shape index (κ1) is 14.9. The molecule has 0 aromatic heterocycles. The molecule has 88 valence electrons. The molecule has 1 saturated heterocycles. The van der Waals surface area contributed by atoms with Gasteiger partial charge in [-0.3, -0.25) is 0 Å². The molecule has 0 aliphatic carbocycles. The third-order valence-corrected chi connectivity index (χ3v) is 2.80. The smallest absolute Gasteiger partial charge is 0.0407 e. The third-order valence-electron chi connectivity index (χ3n) is 2.55. The van der Waals surface area contributed by atoms with Gasteiger partial charge in [0.25, 0.3) is 0 Å². The predicted molar refractivity (Wildman–Crippen MR) is 74.1 cm³/mol. The third kappa shape index (κ3) is 4.16. The van der Waals surface area contributed by atoms with Crippen LogP contribution >= 0.6 is 11.6 Å². The fourth-order valence-corrected chi connectivity index (χ4v) is 1.93. The molecule has 2 rings (SSSR count). The van der Waals surface area contributed by atoms with Crippen molar-refractivity contribution >= 4 is 17.3 Å². The first-order valence-corrected chi connectivity index (χ1v) is 5.58. The highest BCUT2D eigenvalue weighted by Gasteiger charge is 2.09. The van der Waals surface area contributed by atoms with Crippen molar-refractivity contribution in [3.05, 3.63) is 29.3 Å². The van der Waals surface area contributed by atoms with Gasteiger partial charge >= 0.3 is 0 Å². The number of anilines is 1. The Morgan fingerprint density at radius 2 is 1.44 bits per heavy atom. The van der Waals surface area contributed by atoms with E-state index in [4.69, 9.17) is 11.6 Å². The molecule has 0 bridgehead atoms. The summed E-state index contributed by atoms with van der Waals surface area (Å²) in [4.78, 5) is 2.43. The number of benzene rings is 1. The van der Waals surface area contributed by atoms with Crippen LogP contribution in [-0.2, 0) is 0 Å². The van der Waals surface area contributed by atoms with Crippen molar-refractivity contribution in [1.82, 2.24) is 0 Å². The topological polar surface area (TPSA) is 3.24 Å². The number of nitrogens with zero attached hydrogens (tertiary/aromatic N) is 1. The van der Waals surface area contributed by atoms with Gasteiger partial charge in [-0.05, 0) is 43.5 Å². The average Bonchev–Trinajstić information content (AvgIpc) is 2.34. The molecule has 0 saturated carbocycles. The summed E-state index contributed by atoms with van der Waals surface area (Å²) in [5.74, 6) is 0. The number of hydrogen-bond donors (Lipinski definition) is 0. The molecule has 1 aliphatic rings. The zero-order valence-corrected chi connectivity index (χ0v) is 9.58. The van der Waals surface area contributed by atoms with Gasteiger partial charge < -0.3 is 4.90 Å². The van der Waals surface area contributed by atoms with E-state index in [9.17, 15) is 0 Å². The molecule has 0 N–H and O–H groups in total. The van der Waals surface area contributed by atoms with E-state index in [0.29, 0.717) is 0 Å². The van der Waals surface area contributed by atoms with Crippen LogP contribution in [0.4, 0.5) is 5.69 Å². The highest BCUT2D eigenvalue weighted by molar-refractivity contribution is 6.30. The zero-order chi connectivity index (χ0) is 11.1. The maximum atomic E-state index is 5.83. The largest absolute Gasteiger partial charge is 0.372 e. The molecular formula is C14H20ClN. The van der Waals surface area contributed by atoms with Crippen molar-refractivity contribution in [2.24, 2.45) is 0 Å². The maximum absolute atomic E-state index is 5.83. The van der Waals surface area contributed by atoms with Crippen LogP contribution < -0.4 is 4.90 Å². The first-order valence-electron chi connectivity index (χ1n) is 5.20. The van der Waals surface area contributed by atoms with Gasteiger partial charge in [0.05, 0.1) is 0 Å².